The van der Waals surface area contributed by atoms with E-state index in [0.29, 0.717) is 6.04 Å². The zero-order valence-electron chi connectivity index (χ0n) is 19.1. The van der Waals surface area contributed by atoms with Crippen molar-refractivity contribution in [3.05, 3.63) is 12.2 Å². The first kappa shape index (κ1) is 25.7. The van der Waals surface area contributed by atoms with Gasteiger partial charge in [-0.05, 0) is 58.0 Å². The molecular formula is C25H51N3. The summed E-state index contributed by atoms with van der Waals surface area (Å²) in [6.07, 6.45) is 26.9. The summed E-state index contributed by atoms with van der Waals surface area (Å²) in [5.41, 5.74) is 0. The van der Waals surface area contributed by atoms with E-state index in [1.54, 1.807) is 0 Å². The highest BCUT2D eigenvalue weighted by Crippen LogP contribution is 2.09. The molecule has 3 heteroatoms. The molecule has 0 aliphatic carbocycles. The number of rotatable bonds is 20. The third-order valence-electron chi connectivity index (χ3n) is 5.90. The smallest absolute Gasteiger partial charge is 0.0193 e. The molecular weight excluding hydrogens is 342 g/mol. The second-order valence-electron chi connectivity index (χ2n) is 8.69. The van der Waals surface area contributed by atoms with Gasteiger partial charge in [0.1, 0.15) is 0 Å². The van der Waals surface area contributed by atoms with Crippen LogP contribution in [0.25, 0.3) is 0 Å². The molecule has 0 bridgehead atoms. The van der Waals surface area contributed by atoms with E-state index < -0.39 is 0 Å². The van der Waals surface area contributed by atoms with Crippen LogP contribution < -0.4 is 16.0 Å². The molecule has 0 aromatic carbocycles. The van der Waals surface area contributed by atoms with Gasteiger partial charge in [-0.25, -0.2) is 0 Å². The number of hydrogen-bond donors (Lipinski definition) is 3. The van der Waals surface area contributed by atoms with Crippen LogP contribution in [0.5, 0.6) is 0 Å². The van der Waals surface area contributed by atoms with Gasteiger partial charge >= 0.3 is 0 Å². The zero-order chi connectivity index (χ0) is 20.0. The van der Waals surface area contributed by atoms with E-state index in [9.17, 15) is 0 Å². The first-order chi connectivity index (χ1) is 13.9. The van der Waals surface area contributed by atoms with Gasteiger partial charge in [0.2, 0.25) is 0 Å². The number of hydrogen-bond acceptors (Lipinski definition) is 3. The summed E-state index contributed by atoms with van der Waals surface area (Å²) in [5, 5.41) is 10.7. The summed E-state index contributed by atoms with van der Waals surface area (Å²) in [6, 6.07) is 0.695. The summed E-state index contributed by atoms with van der Waals surface area (Å²) in [7, 11) is 0. The molecule has 28 heavy (non-hydrogen) atoms. The van der Waals surface area contributed by atoms with Crippen LogP contribution in [0.3, 0.4) is 0 Å². The van der Waals surface area contributed by atoms with Gasteiger partial charge in [0, 0.05) is 25.7 Å². The summed E-state index contributed by atoms with van der Waals surface area (Å²) in [6.45, 7) is 8.09. The van der Waals surface area contributed by atoms with Crippen molar-refractivity contribution >= 4 is 0 Å². The molecule has 166 valence electrons. The number of allylic oxidation sites excluding steroid dienone is 2. The standard InChI is InChI=1S/C25H51N3/c1-2-3-4-5-6-7-8-9-10-11-12-13-14-15-16-17-20-26-21-18-19-25-24-27-22-23-28-25/h9-10,25-28H,2-8,11-24H2,1H3/b10-9-. The van der Waals surface area contributed by atoms with Crippen molar-refractivity contribution in [1.29, 1.82) is 0 Å². The van der Waals surface area contributed by atoms with Gasteiger partial charge in [-0.3, -0.25) is 0 Å². The Morgan fingerprint density at radius 3 is 1.96 bits per heavy atom. The highest BCUT2D eigenvalue weighted by molar-refractivity contribution is 4.81. The molecule has 1 heterocycles. The highest BCUT2D eigenvalue weighted by atomic mass is 15.0. The SMILES string of the molecule is CCCCCCCC/C=C\CCCCCCCCNCCCC1CNCCN1. The monoisotopic (exact) mass is 393 g/mol. The van der Waals surface area contributed by atoms with Crippen LogP contribution in [0.15, 0.2) is 12.2 Å². The second kappa shape index (κ2) is 21.3. The second-order valence-corrected chi connectivity index (χ2v) is 8.69. The Kier molecular flexibility index (Phi) is 19.5. The van der Waals surface area contributed by atoms with Crippen LogP contribution in [-0.4, -0.2) is 38.8 Å². The minimum Gasteiger partial charge on any atom is -0.317 e. The van der Waals surface area contributed by atoms with Crippen molar-refractivity contribution < 1.29 is 0 Å². The highest BCUT2D eigenvalue weighted by Gasteiger charge is 2.10. The molecule has 1 aliphatic heterocycles. The predicted molar refractivity (Wildman–Crippen MR) is 126 cm³/mol. The van der Waals surface area contributed by atoms with Crippen LogP contribution in [0.1, 0.15) is 110 Å². The number of nitrogens with one attached hydrogen (secondary N) is 3. The quantitative estimate of drug-likeness (QED) is 0.176. The van der Waals surface area contributed by atoms with E-state index in [1.165, 1.54) is 116 Å². The summed E-state index contributed by atoms with van der Waals surface area (Å²) in [5.74, 6) is 0. The van der Waals surface area contributed by atoms with E-state index in [4.69, 9.17) is 0 Å². The average Bonchev–Trinajstić information content (AvgIpc) is 2.73. The van der Waals surface area contributed by atoms with Crippen LogP contribution in [0.2, 0.25) is 0 Å². The van der Waals surface area contributed by atoms with E-state index in [1.807, 2.05) is 0 Å². The Bertz CT molecular complexity index is 324. The Hall–Kier alpha value is -0.380. The van der Waals surface area contributed by atoms with E-state index in [2.05, 4.69) is 35.0 Å². The Balaban J connectivity index is 1.68. The lowest BCUT2D eigenvalue weighted by Crippen LogP contribution is -2.48. The third-order valence-corrected chi connectivity index (χ3v) is 5.90. The van der Waals surface area contributed by atoms with E-state index in [-0.39, 0.29) is 0 Å². The first-order valence-corrected chi connectivity index (χ1v) is 12.7. The van der Waals surface area contributed by atoms with Crippen molar-refractivity contribution in [2.75, 3.05) is 32.7 Å². The minimum absolute atomic E-state index is 0.695. The Labute approximate surface area is 176 Å². The minimum atomic E-state index is 0.695. The topological polar surface area (TPSA) is 36.1 Å². The number of unbranched alkanes of at least 4 members (excludes halogenated alkanes) is 12. The predicted octanol–water partition coefficient (Wildman–Crippen LogP) is 5.96. The van der Waals surface area contributed by atoms with Gasteiger partial charge in [-0.2, -0.15) is 0 Å². The molecule has 0 saturated carbocycles. The lowest BCUT2D eigenvalue weighted by molar-refractivity contribution is 0.388. The van der Waals surface area contributed by atoms with Crippen molar-refractivity contribution in [2.24, 2.45) is 0 Å². The lowest BCUT2D eigenvalue weighted by Gasteiger charge is -2.24. The molecule has 3 nitrogen and oxygen atoms in total. The normalized spacial score (nSPS) is 17.5. The molecule has 0 amide bonds. The van der Waals surface area contributed by atoms with Crippen LogP contribution in [-0.2, 0) is 0 Å². The van der Waals surface area contributed by atoms with E-state index in [0.717, 1.165) is 19.6 Å². The molecule has 1 fully saturated rings. The van der Waals surface area contributed by atoms with Crippen molar-refractivity contribution in [2.45, 2.75) is 116 Å². The largest absolute Gasteiger partial charge is 0.317 e. The zero-order valence-corrected chi connectivity index (χ0v) is 19.1. The Morgan fingerprint density at radius 2 is 1.32 bits per heavy atom. The molecule has 1 unspecified atom stereocenters. The summed E-state index contributed by atoms with van der Waals surface area (Å²) >= 11 is 0. The van der Waals surface area contributed by atoms with Crippen LogP contribution >= 0.6 is 0 Å². The van der Waals surface area contributed by atoms with Crippen molar-refractivity contribution in [1.82, 2.24) is 16.0 Å². The fraction of sp³-hybridized carbons (Fsp3) is 0.920. The molecule has 0 aromatic heterocycles. The van der Waals surface area contributed by atoms with Gasteiger partial charge in [-0.1, -0.05) is 76.9 Å². The van der Waals surface area contributed by atoms with Crippen molar-refractivity contribution in [3.8, 4) is 0 Å². The molecule has 1 aliphatic rings. The maximum atomic E-state index is 3.62. The summed E-state index contributed by atoms with van der Waals surface area (Å²) < 4.78 is 0. The maximum Gasteiger partial charge on any atom is 0.0193 e. The van der Waals surface area contributed by atoms with Gasteiger partial charge in [0.05, 0.1) is 0 Å². The fourth-order valence-corrected chi connectivity index (χ4v) is 4.01. The molecule has 0 spiro atoms. The third kappa shape index (κ3) is 17.7. The Morgan fingerprint density at radius 1 is 0.714 bits per heavy atom. The lowest BCUT2D eigenvalue weighted by atomic mass is 10.1. The van der Waals surface area contributed by atoms with Gasteiger partial charge < -0.3 is 16.0 Å². The molecule has 0 radical (unpaired) electrons. The van der Waals surface area contributed by atoms with Crippen LogP contribution in [0, 0.1) is 0 Å². The molecule has 1 rings (SSSR count). The fourth-order valence-electron chi connectivity index (χ4n) is 4.01. The number of piperazine rings is 1. The van der Waals surface area contributed by atoms with E-state index >= 15 is 0 Å². The molecule has 1 atom stereocenters. The first-order valence-electron chi connectivity index (χ1n) is 12.7. The summed E-state index contributed by atoms with van der Waals surface area (Å²) in [4.78, 5) is 0. The molecule has 1 saturated heterocycles. The average molecular weight is 394 g/mol. The molecule has 0 aromatic rings. The van der Waals surface area contributed by atoms with Gasteiger partial charge in [0.25, 0.3) is 0 Å². The van der Waals surface area contributed by atoms with Gasteiger partial charge in [0.15, 0.2) is 0 Å². The van der Waals surface area contributed by atoms with Crippen molar-refractivity contribution in [3.63, 3.8) is 0 Å². The van der Waals surface area contributed by atoms with Gasteiger partial charge in [-0.15, -0.1) is 0 Å². The van der Waals surface area contributed by atoms with Crippen LogP contribution in [0.4, 0.5) is 0 Å². The molecule has 3 N–H and O–H groups in total. The maximum absolute atomic E-state index is 3.62.